The van der Waals surface area contributed by atoms with Crippen LogP contribution in [0.3, 0.4) is 0 Å². The molecule has 3 unspecified atom stereocenters. The number of aliphatic hydroxyl groups excluding tert-OH is 1. The van der Waals surface area contributed by atoms with Crippen LogP contribution in [0, 0.1) is 5.92 Å². The van der Waals surface area contributed by atoms with Crippen LogP contribution >= 0.6 is 12.6 Å². The van der Waals surface area contributed by atoms with Crippen LogP contribution in [-0.2, 0) is 0 Å². The topological polar surface area (TPSA) is 20.2 Å². The Bertz CT molecular complexity index is 186. The Morgan fingerprint density at radius 2 is 2.25 bits per heavy atom. The summed E-state index contributed by atoms with van der Waals surface area (Å²) in [5.41, 5.74) is 1.19. The minimum absolute atomic E-state index is 0.189. The van der Waals surface area contributed by atoms with Crippen LogP contribution < -0.4 is 0 Å². The van der Waals surface area contributed by atoms with Gasteiger partial charge in [0.1, 0.15) is 0 Å². The van der Waals surface area contributed by atoms with Crippen molar-refractivity contribution in [1.29, 1.82) is 0 Å². The summed E-state index contributed by atoms with van der Waals surface area (Å²) in [5, 5.41) is 9.74. The molecule has 1 rings (SSSR count). The molecule has 0 saturated heterocycles. The fraction of sp³-hybridized carbons (Fsp3) is 0.800. The smallest absolute Gasteiger partial charge is 0.0687 e. The highest BCUT2D eigenvalue weighted by atomic mass is 32.1. The number of aliphatic hydroxyl groups is 1. The minimum Gasteiger partial charge on any atom is -0.392 e. The van der Waals surface area contributed by atoms with Crippen molar-refractivity contribution in [2.75, 3.05) is 0 Å². The third kappa shape index (κ3) is 2.05. The maximum absolute atomic E-state index is 9.74. The summed E-state index contributed by atoms with van der Waals surface area (Å²) in [6.45, 7) is 7.97. The molecule has 12 heavy (non-hydrogen) atoms. The summed E-state index contributed by atoms with van der Waals surface area (Å²) in [7, 11) is 0. The zero-order valence-corrected chi connectivity index (χ0v) is 8.77. The summed E-state index contributed by atoms with van der Waals surface area (Å²) in [4.78, 5) is 0. The minimum atomic E-state index is -0.281. The molecule has 0 amide bonds. The van der Waals surface area contributed by atoms with Gasteiger partial charge in [-0.3, -0.25) is 0 Å². The lowest BCUT2D eigenvalue weighted by atomic mass is 9.77. The van der Waals surface area contributed by atoms with Crippen LogP contribution in [0.15, 0.2) is 12.2 Å². The zero-order chi connectivity index (χ0) is 9.35. The van der Waals surface area contributed by atoms with Gasteiger partial charge in [-0.2, -0.15) is 12.6 Å². The van der Waals surface area contributed by atoms with E-state index in [9.17, 15) is 5.11 Å². The van der Waals surface area contributed by atoms with Gasteiger partial charge in [0.25, 0.3) is 0 Å². The third-order valence-corrected chi connectivity index (χ3v) is 3.44. The summed E-state index contributed by atoms with van der Waals surface area (Å²) in [6.07, 6.45) is 2.65. The van der Waals surface area contributed by atoms with Crippen LogP contribution in [-0.4, -0.2) is 16.0 Å². The lowest BCUT2D eigenvalue weighted by Gasteiger charge is -2.38. The first-order valence-electron chi connectivity index (χ1n) is 4.49. The van der Waals surface area contributed by atoms with E-state index in [0.717, 1.165) is 19.3 Å². The van der Waals surface area contributed by atoms with E-state index in [1.807, 2.05) is 13.8 Å². The van der Waals surface area contributed by atoms with Gasteiger partial charge in [-0.1, -0.05) is 12.2 Å². The molecule has 0 radical (unpaired) electrons. The molecule has 0 spiro atoms. The van der Waals surface area contributed by atoms with Gasteiger partial charge in [0.2, 0.25) is 0 Å². The van der Waals surface area contributed by atoms with Crippen LogP contribution in [0.5, 0.6) is 0 Å². The largest absolute Gasteiger partial charge is 0.392 e. The highest BCUT2D eigenvalue weighted by Crippen LogP contribution is 2.38. The fourth-order valence-electron chi connectivity index (χ4n) is 1.72. The molecular weight excluding hydrogens is 168 g/mol. The van der Waals surface area contributed by atoms with Crippen LogP contribution in [0.4, 0.5) is 0 Å². The molecule has 1 saturated carbocycles. The Hall–Kier alpha value is 0.0500. The molecule has 0 heterocycles. The molecule has 0 aromatic rings. The van der Waals surface area contributed by atoms with Gasteiger partial charge in [0.05, 0.1) is 6.10 Å². The predicted octanol–water partition coefficient (Wildman–Crippen LogP) is 2.41. The molecule has 1 aliphatic rings. The van der Waals surface area contributed by atoms with Crippen molar-refractivity contribution in [3.8, 4) is 0 Å². The van der Waals surface area contributed by atoms with Crippen molar-refractivity contribution < 1.29 is 5.11 Å². The molecule has 1 N–H and O–H groups in total. The highest BCUT2D eigenvalue weighted by Gasteiger charge is 2.36. The van der Waals surface area contributed by atoms with Crippen LogP contribution in [0.1, 0.15) is 33.1 Å². The summed E-state index contributed by atoms with van der Waals surface area (Å²) < 4.78 is -0.189. The Labute approximate surface area is 80.3 Å². The average Bonchev–Trinajstić information content (AvgIpc) is 1.94. The maximum Gasteiger partial charge on any atom is 0.0687 e. The Morgan fingerprint density at radius 1 is 1.67 bits per heavy atom. The lowest BCUT2D eigenvalue weighted by Crippen LogP contribution is -2.40. The van der Waals surface area contributed by atoms with Gasteiger partial charge >= 0.3 is 0 Å². The molecular formula is C10H18OS. The number of hydrogen-bond acceptors (Lipinski definition) is 2. The van der Waals surface area contributed by atoms with E-state index in [4.69, 9.17) is 0 Å². The number of allylic oxidation sites excluding steroid dienone is 1. The van der Waals surface area contributed by atoms with Crippen molar-refractivity contribution in [1.82, 2.24) is 0 Å². The second-order valence-corrected chi connectivity index (χ2v) is 5.21. The van der Waals surface area contributed by atoms with E-state index >= 15 is 0 Å². The van der Waals surface area contributed by atoms with Crippen LogP contribution in [0.25, 0.3) is 0 Å². The van der Waals surface area contributed by atoms with Crippen molar-refractivity contribution in [2.45, 2.75) is 44.0 Å². The van der Waals surface area contributed by atoms with E-state index in [-0.39, 0.29) is 10.9 Å². The van der Waals surface area contributed by atoms with Crippen molar-refractivity contribution >= 4 is 12.6 Å². The van der Waals surface area contributed by atoms with E-state index < -0.39 is 0 Å². The quantitative estimate of drug-likeness (QED) is 0.476. The first-order valence-corrected chi connectivity index (χ1v) is 4.94. The van der Waals surface area contributed by atoms with Crippen molar-refractivity contribution in [3.05, 3.63) is 12.2 Å². The molecule has 1 aliphatic carbocycles. The highest BCUT2D eigenvalue weighted by molar-refractivity contribution is 7.81. The predicted molar refractivity (Wildman–Crippen MR) is 55.6 cm³/mol. The molecule has 2 heteroatoms. The second-order valence-electron chi connectivity index (χ2n) is 4.19. The molecule has 0 aromatic heterocycles. The van der Waals surface area contributed by atoms with Gasteiger partial charge in [0.15, 0.2) is 0 Å². The third-order valence-electron chi connectivity index (χ3n) is 2.92. The van der Waals surface area contributed by atoms with Gasteiger partial charge in [-0.25, -0.2) is 0 Å². The first kappa shape index (κ1) is 10.1. The fourth-order valence-corrected chi connectivity index (χ4v) is 1.96. The number of hydrogen-bond donors (Lipinski definition) is 2. The monoisotopic (exact) mass is 186 g/mol. The standard InChI is InChI=1S/C10H18OS/c1-7(2)8-4-5-10(3,12)9(11)6-8/h8-9,11-12H,1,4-6H2,2-3H3. The van der Waals surface area contributed by atoms with E-state index in [1.54, 1.807) is 0 Å². The van der Waals surface area contributed by atoms with Crippen molar-refractivity contribution in [2.24, 2.45) is 5.92 Å². The van der Waals surface area contributed by atoms with Gasteiger partial charge < -0.3 is 5.11 Å². The SMILES string of the molecule is C=C(C)C1CCC(C)(S)C(O)C1. The first-order chi connectivity index (χ1) is 5.43. The molecule has 70 valence electrons. The maximum atomic E-state index is 9.74. The molecule has 1 nitrogen and oxygen atoms in total. The normalized spacial score (nSPS) is 42.7. The van der Waals surface area contributed by atoms with Gasteiger partial charge in [-0.05, 0) is 39.0 Å². The average molecular weight is 186 g/mol. The van der Waals surface area contributed by atoms with Crippen LogP contribution in [0.2, 0.25) is 0 Å². The Kier molecular flexibility index (Phi) is 2.89. The lowest BCUT2D eigenvalue weighted by molar-refractivity contribution is 0.0806. The van der Waals surface area contributed by atoms with Gasteiger partial charge in [-0.15, -0.1) is 0 Å². The summed E-state index contributed by atoms with van der Waals surface area (Å²) >= 11 is 4.44. The second kappa shape index (κ2) is 3.43. The van der Waals surface area contributed by atoms with E-state index in [0.29, 0.717) is 5.92 Å². The molecule has 3 atom stereocenters. The number of thiol groups is 1. The zero-order valence-electron chi connectivity index (χ0n) is 7.88. The van der Waals surface area contributed by atoms with E-state index in [1.165, 1.54) is 5.57 Å². The van der Waals surface area contributed by atoms with Crippen molar-refractivity contribution in [3.63, 3.8) is 0 Å². The Balaban J connectivity index is 2.58. The number of rotatable bonds is 1. The van der Waals surface area contributed by atoms with Gasteiger partial charge in [0, 0.05) is 4.75 Å². The molecule has 1 fully saturated rings. The molecule has 0 aromatic carbocycles. The van der Waals surface area contributed by atoms with E-state index in [2.05, 4.69) is 19.2 Å². The summed E-state index contributed by atoms with van der Waals surface area (Å²) in [5.74, 6) is 0.500. The Morgan fingerprint density at radius 3 is 2.67 bits per heavy atom. The molecule has 0 bridgehead atoms. The molecule has 0 aliphatic heterocycles. The summed E-state index contributed by atoms with van der Waals surface area (Å²) in [6, 6.07) is 0.